The fourth-order valence-corrected chi connectivity index (χ4v) is 4.65. The standard InChI is InChI=1S/C20H19F4NO4S/c21-16-6-4-14(5-7-16)19(26)13-29-17-8-10-25(11-9-17)30(27,28)18-3-1-2-15(12-18)20(22,23)24/h1-7,12,17H,8-11,13H2. The zero-order valence-corrected chi connectivity index (χ0v) is 16.5. The van der Waals surface area contributed by atoms with E-state index < -0.39 is 32.5 Å². The minimum absolute atomic E-state index is 0.0635. The van der Waals surface area contributed by atoms with E-state index in [2.05, 4.69) is 0 Å². The lowest BCUT2D eigenvalue weighted by Crippen LogP contribution is -2.41. The number of benzene rings is 2. The van der Waals surface area contributed by atoms with Crippen LogP contribution >= 0.6 is 0 Å². The second-order valence-electron chi connectivity index (χ2n) is 6.87. The van der Waals surface area contributed by atoms with Gasteiger partial charge in [0.1, 0.15) is 12.4 Å². The molecule has 2 aromatic rings. The molecule has 0 amide bonds. The summed E-state index contributed by atoms with van der Waals surface area (Å²) in [6, 6.07) is 8.68. The SMILES string of the molecule is O=C(COC1CCN(S(=O)(=O)c2cccc(C(F)(F)F)c2)CC1)c1ccc(F)cc1. The van der Waals surface area contributed by atoms with Gasteiger partial charge in [-0.25, -0.2) is 12.8 Å². The Morgan fingerprint density at radius 1 is 1.07 bits per heavy atom. The maximum atomic E-state index is 12.9. The van der Waals surface area contributed by atoms with Gasteiger partial charge in [0.05, 0.1) is 16.6 Å². The molecule has 0 radical (unpaired) electrons. The van der Waals surface area contributed by atoms with Gasteiger partial charge in [-0.05, 0) is 55.3 Å². The molecular formula is C20H19F4NO4S. The molecule has 0 N–H and O–H groups in total. The van der Waals surface area contributed by atoms with Crippen LogP contribution in [0.4, 0.5) is 17.6 Å². The maximum absolute atomic E-state index is 12.9. The van der Waals surface area contributed by atoms with Crippen molar-refractivity contribution in [2.75, 3.05) is 19.7 Å². The van der Waals surface area contributed by atoms with Crippen molar-refractivity contribution in [2.24, 2.45) is 0 Å². The first-order valence-corrected chi connectivity index (χ1v) is 10.6. The third-order valence-corrected chi connectivity index (χ3v) is 6.71. The smallest absolute Gasteiger partial charge is 0.370 e. The van der Waals surface area contributed by atoms with Gasteiger partial charge in [0, 0.05) is 18.7 Å². The molecule has 1 fully saturated rings. The zero-order valence-electron chi connectivity index (χ0n) is 15.7. The second-order valence-corrected chi connectivity index (χ2v) is 8.81. The summed E-state index contributed by atoms with van der Waals surface area (Å²) in [6.45, 7) is -0.0986. The van der Waals surface area contributed by atoms with E-state index in [-0.39, 0.29) is 31.6 Å². The molecule has 3 rings (SSSR count). The molecule has 0 unspecified atom stereocenters. The molecule has 5 nitrogen and oxygen atoms in total. The Balaban J connectivity index is 1.57. The number of halogens is 4. The first-order valence-electron chi connectivity index (χ1n) is 9.15. The molecule has 0 aliphatic carbocycles. The van der Waals surface area contributed by atoms with Crippen molar-refractivity contribution in [1.82, 2.24) is 4.31 Å². The van der Waals surface area contributed by atoms with Crippen LogP contribution in [0.3, 0.4) is 0 Å². The van der Waals surface area contributed by atoms with Gasteiger partial charge in [-0.1, -0.05) is 6.07 Å². The molecular weight excluding hydrogens is 426 g/mol. The fraction of sp³-hybridized carbons (Fsp3) is 0.350. The van der Waals surface area contributed by atoms with E-state index in [1.54, 1.807) is 0 Å². The van der Waals surface area contributed by atoms with Crippen LogP contribution in [0.25, 0.3) is 0 Å². The lowest BCUT2D eigenvalue weighted by atomic mass is 10.1. The Morgan fingerprint density at radius 2 is 1.70 bits per heavy atom. The summed E-state index contributed by atoms with van der Waals surface area (Å²) >= 11 is 0. The van der Waals surface area contributed by atoms with Crippen molar-refractivity contribution < 1.29 is 35.5 Å². The van der Waals surface area contributed by atoms with Crippen LogP contribution in [0.15, 0.2) is 53.4 Å². The highest BCUT2D eigenvalue weighted by molar-refractivity contribution is 7.89. The number of hydrogen-bond acceptors (Lipinski definition) is 4. The molecule has 1 aliphatic rings. The Kier molecular flexibility index (Phi) is 6.59. The summed E-state index contributed by atoms with van der Waals surface area (Å²) < 4.78 is 83.6. The van der Waals surface area contributed by atoms with Crippen molar-refractivity contribution in [3.63, 3.8) is 0 Å². The molecule has 0 bridgehead atoms. The van der Waals surface area contributed by atoms with E-state index >= 15 is 0 Å². The van der Waals surface area contributed by atoms with E-state index in [0.717, 1.165) is 22.5 Å². The van der Waals surface area contributed by atoms with Gasteiger partial charge in [0.2, 0.25) is 10.0 Å². The van der Waals surface area contributed by atoms with Gasteiger partial charge >= 0.3 is 6.18 Å². The van der Waals surface area contributed by atoms with Crippen molar-refractivity contribution in [3.8, 4) is 0 Å². The largest absolute Gasteiger partial charge is 0.416 e. The van der Waals surface area contributed by atoms with Crippen LogP contribution in [-0.4, -0.2) is 44.3 Å². The number of sulfonamides is 1. The van der Waals surface area contributed by atoms with Crippen LogP contribution in [-0.2, 0) is 20.9 Å². The van der Waals surface area contributed by atoms with E-state index in [0.29, 0.717) is 24.5 Å². The Labute approximate surface area is 171 Å². The monoisotopic (exact) mass is 445 g/mol. The summed E-state index contributed by atoms with van der Waals surface area (Å²) in [6.07, 6.45) is -4.39. The maximum Gasteiger partial charge on any atom is 0.416 e. The molecule has 10 heteroatoms. The highest BCUT2D eigenvalue weighted by atomic mass is 32.2. The summed E-state index contributed by atoms with van der Waals surface area (Å²) in [7, 11) is -4.07. The number of piperidine rings is 1. The number of nitrogens with zero attached hydrogens (tertiary/aromatic N) is 1. The van der Waals surface area contributed by atoms with Gasteiger partial charge in [0.25, 0.3) is 0 Å². The molecule has 0 saturated carbocycles. The number of Topliss-reactive ketones (excluding diaryl/α,β-unsaturated/α-hetero) is 1. The molecule has 1 saturated heterocycles. The van der Waals surface area contributed by atoms with Crippen LogP contribution in [0.5, 0.6) is 0 Å². The van der Waals surface area contributed by atoms with Crippen LogP contribution < -0.4 is 0 Å². The molecule has 30 heavy (non-hydrogen) atoms. The number of rotatable bonds is 6. The average Bonchev–Trinajstić information content (AvgIpc) is 2.72. The van der Waals surface area contributed by atoms with Crippen LogP contribution in [0.1, 0.15) is 28.8 Å². The number of ketones is 1. The molecule has 0 atom stereocenters. The Hall–Kier alpha value is -2.30. The average molecular weight is 445 g/mol. The number of carbonyl (C=O) groups is 1. The predicted octanol–water partition coefficient (Wildman–Crippen LogP) is 3.90. The topological polar surface area (TPSA) is 63.7 Å². The van der Waals surface area contributed by atoms with Crippen molar-refractivity contribution in [3.05, 3.63) is 65.5 Å². The lowest BCUT2D eigenvalue weighted by Gasteiger charge is -2.31. The minimum Gasteiger partial charge on any atom is -0.370 e. The summed E-state index contributed by atoms with van der Waals surface area (Å²) in [4.78, 5) is 11.7. The molecule has 162 valence electrons. The van der Waals surface area contributed by atoms with Gasteiger partial charge in [0.15, 0.2) is 5.78 Å². The molecule has 0 spiro atoms. The molecule has 1 heterocycles. The van der Waals surface area contributed by atoms with Crippen molar-refractivity contribution >= 4 is 15.8 Å². The summed E-state index contributed by atoms with van der Waals surface area (Å²) in [5, 5.41) is 0. The number of hydrogen-bond donors (Lipinski definition) is 0. The fourth-order valence-electron chi connectivity index (χ4n) is 3.13. The molecule has 1 aliphatic heterocycles. The summed E-state index contributed by atoms with van der Waals surface area (Å²) in [5.41, 5.74) is -0.720. The lowest BCUT2D eigenvalue weighted by molar-refractivity contribution is -0.137. The van der Waals surface area contributed by atoms with Crippen LogP contribution in [0.2, 0.25) is 0 Å². The van der Waals surface area contributed by atoms with E-state index in [9.17, 15) is 30.8 Å². The normalized spacial score (nSPS) is 16.5. The van der Waals surface area contributed by atoms with E-state index in [1.165, 1.54) is 24.3 Å². The highest BCUT2D eigenvalue weighted by Crippen LogP contribution is 2.31. The first kappa shape index (κ1) is 22.4. The van der Waals surface area contributed by atoms with Gasteiger partial charge in [-0.2, -0.15) is 17.5 Å². The van der Waals surface area contributed by atoms with Gasteiger partial charge in [-0.15, -0.1) is 0 Å². The van der Waals surface area contributed by atoms with E-state index in [1.807, 2.05) is 0 Å². The minimum atomic E-state index is -4.64. The zero-order chi connectivity index (χ0) is 21.9. The second kappa shape index (κ2) is 8.83. The van der Waals surface area contributed by atoms with Crippen molar-refractivity contribution in [1.29, 1.82) is 0 Å². The molecule has 2 aromatic carbocycles. The third kappa shape index (κ3) is 5.24. The quantitative estimate of drug-likeness (QED) is 0.500. The summed E-state index contributed by atoms with van der Waals surface area (Å²) in [5.74, 6) is -0.782. The highest BCUT2D eigenvalue weighted by Gasteiger charge is 2.34. The van der Waals surface area contributed by atoms with Gasteiger partial charge < -0.3 is 4.74 Å². The third-order valence-electron chi connectivity index (χ3n) is 4.82. The van der Waals surface area contributed by atoms with E-state index in [4.69, 9.17) is 4.74 Å². The number of ether oxygens (including phenoxy) is 1. The van der Waals surface area contributed by atoms with Gasteiger partial charge in [-0.3, -0.25) is 4.79 Å². The molecule has 0 aromatic heterocycles. The first-order chi connectivity index (χ1) is 14.1. The predicted molar refractivity (Wildman–Crippen MR) is 99.9 cm³/mol. The van der Waals surface area contributed by atoms with Crippen molar-refractivity contribution in [2.45, 2.75) is 30.0 Å². The Morgan fingerprint density at radius 3 is 2.30 bits per heavy atom. The Bertz CT molecular complexity index is 998. The number of alkyl halides is 3. The van der Waals surface area contributed by atoms with Crippen LogP contribution in [0, 0.1) is 5.82 Å². The number of carbonyl (C=O) groups excluding carboxylic acids is 1.